The van der Waals surface area contributed by atoms with Gasteiger partial charge in [-0.2, -0.15) is 13.2 Å². The van der Waals surface area contributed by atoms with Gasteiger partial charge in [0.1, 0.15) is 0 Å². The van der Waals surface area contributed by atoms with Crippen molar-refractivity contribution in [3.8, 4) is 0 Å². The Morgan fingerprint density at radius 2 is 1.90 bits per heavy atom. The van der Waals surface area contributed by atoms with Crippen LogP contribution in [-0.4, -0.2) is 22.7 Å². The zero-order chi connectivity index (χ0) is 15.6. The van der Waals surface area contributed by atoms with Gasteiger partial charge >= 0.3 is 11.9 Å². The van der Waals surface area contributed by atoms with Crippen molar-refractivity contribution in [2.24, 2.45) is 0 Å². The van der Waals surface area contributed by atoms with Crippen LogP contribution in [0.5, 0.6) is 0 Å². The van der Waals surface area contributed by atoms with Crippen LogP contribution >= 0.6 is 15.9 Å². The van der Waals surface area contributed by atoms with Crippen molar-refractivity contribution >= 4 is 27.0 Å². The van der Waals surface area contributed by atoms with Crippen LogP contribution < -0.4 is 11.0 Å². The molecule has 0 spiro atoms. The molecule has 0 aliphatic carbocycles. The second-order valence-electron chi connectivity index (χ2n) is 4.82. The van der Waals surface area contributed by atoms with E-state index in [0.717, 1.165) is 6.42 Å². The van der Waals surface area contributed by atoms with Gasteiger partial charge in [0.25, 0.3) is 0 Å². The molecule has 2 aromatic rings. The number of hydrogen-bond acceptors (Lipinski definition) is 2. The molecule has 0 aliphatic rings. The van der Waals surface area contributed by atoms with E-state index < -0.39 is 18.6 Å². The van der Waals surface area contributed by atoms with Crippen LogP contribution in [-0.2, 0) is 0 Å². The maximum Gasteiger partial charge on any atom is 0.390 e. The Labute approximate surface area is 127 Å². The fraction of sp³-hybridized carbons (Fsp3) is 0.462. The largest absolute Gasteiger partial charge is 0.390 e. The lowest BCUT2D eigenvalue weighted by atomic mass is 10.0. The molecule has 2 rings (SSSR count). The third-order valence-electron chi connectivity index (χ3n) is 3.08. The van der Waals surface area contributed by atoms with E-state index in [1.165, 1.54) is 0 Å². The molecule has 1 aromatic carbocycles. The van der Waals surface area contributed by atoms with Crippen molar-refractivity contribution in [1.82, 2.24) is 15.3 Å². The molecule has 116 valence electrons. The molecule has 0 saturated heterocycles. The highest BCUT2D eigenvalue weighted by molar-refractivity contribution is 9.10. The van der Waals surface area contributed by atoms with Crippen LogP contribution in [0.3, 0.4) is 0 Å². The molecule has 8 heteroatoms. The summed E-state index contributed by atoms with van der Waals surface area (Å²) in [6.45, 7) is 2.37. The Bertz CT molecular complexity index is 677. The Hall–Kier alpha value is -1.28. The Kier molecular flexibility index (Phi) is 4.77. The van der Waals surface area contributed by atoms with Crippen molar-refractivity contribution < 1.29 is 13.2 Å². The molecule has 3 N–H and O–H groups in total. The molecule has 0 radical (unpaired) electrons. The summed E-state index contributed by atoms with van der Waals surface area (Å²) >= 11 is 3.28. The molecule has 1 heterocycles. The number of imidazole rings is 1. The van der Waals surface area contributed by atoms with Crippen LogP contribution in [0.15, 0.2) is 21.4 Å². The number of aromatic nitrogens is 2. The number of hydrogen-bond donors (Lipinski definition) is 3. The summed E-state index contributed by atoms with van der Waals surface area (Å²) < 4.78 is 38.8. The summed E-state index contributed by atoms with van der Waals surface area (Å²) in [7, 11) is 0. The van der Waals surface area contributed by atoms with Gasteiger partial charge in [-0.3, -0.25) is 0 Å². The predicted molar refractivity (Wildman–Crippen MR) is 78.3 cm³/mol. The van der Waals surface area contributed by atoms with Crippen LogP contribution in [0.4, 0.5) is 13.2 Å². The van der Waals surface area contributed by atoms with Crippen molar-refractivity contribution in [1.29, 1.82) is 0 Å². The van der Waals surface area contributed by atoms with E-state index in [4.69, 9.17) is 0 Å². The van der Waals surface area contributed by atoms with E-state index in [0.29, 0.717) is 27.6 Å². The summed E-state index contributed by atoms with van der Waals surface area (Å²) in [5.74, 6) is 0. The number of nitrogens with one attached hydrogen (secondary N) is 3. The van der Waals surface area contributed by atoms with E-state index in [1.807, 2.05) is 6.92 Å². The van der Waals surface area contributed by atoms with Gasteiger partial charge in [-0.15, -0.1) is 0 Å². The van der Waals surface area contributed by atoms with Crippen LogP contribution in [0.1, 0.15) is 31.4 Å². The Morgan fingerprint density at radius 3 is 2.48 bits per heavy atom. The number of halogens is 4. The van der Waals surface area contributed by atoms with Gasteiger partial charge in [-0.05, 0) is 30.7 Å². The first-order chi connectivity index (χ1) is 9.80. The SMILES string of the molecule is CCCNC(CC(F)(F)F)c1cc2[nH]c(=O)[nH]c2cc1Br. The van der Waals surface area contributed by atoms with Gasteiger partial charge in [0.2, 0.25) is 0 Å². The first kappa shape index (κ1) is 16.1. The number of benzene rings is 1. The van der Waals surface area contributed by atoms with E-state index >= 15 is 0 Å². The molecule has 0 amide bonds. The highest BCUT2D eigenvalue weighted by Gasteiger charge is 2.33. The minimum atomic E-state index is -4.27. The fourth-order valence-electron chi connectivity index (χ4n) is 2.18. The van der Waals surface area contributed by atoms with Crippen molar-refractivity contribution in [3.05, 3.63) is 32.7 Å². The van der Waals surface area contributed by atoms with Gasteiger partial charge in [-0.25, -0.2) is 4.79 Å². The highest BCUT2D eigenvalue weighted by Crippen LogP contribution is 2.34. The van der Waals surface area contributed by atoms with Crippen molar-refractivity contribution in [2.75, 3.05) is 6.54 Å². The molecule has 1 unspecified atom stereocenters. The lowest BCUT2D eigenvalue weighted by Gasteiger charge is -2.21. The van der Waals surface area contributed by atoms with Gasteiger partial charge in [0, 0.05) is 10.5 Å². The average molecular weight is 366 g/mol. The second-order valence-corrected chi connectivity index (χ2v) is 5.68. The summed E-state index contributed by atoms with van der Waals surface area (Å²) in [4.78, 5) is 16.4. The number of rotatable bonds is 5. The molecule has 0 fully saturated rings. The van der Waals surface area contributed by atoms with Gasteiger partial charge < -0.3 is 15.3 Å². The first-order valence-electron chi connectivity index (χ1n) is 6.51. The average Bonchev–Trinajstić information content (AvgIpc) is 2.71. The highest BCUT2D eigenvalue weighted by atomic mass is 79.9. The Balaban J connectivity index is 2.41. The lowest BCUT2D eigenvalue weighted by Crippen LogP contribution is -2.27. The Morgan fingerprint density at radius 1 is 1.29 bits per heavy atom. The minimum Gasteiger partial charge on any atom is -0.310 e. The molecule has 0 saturated carbocycles. The number of alkyl halides is 3. The molecular formula is C13H15BrF3N3O. The third kappa shape index (κ3) is 4.10. The summed E-state index contributed by atoms with van der Waals surface area (Å²) in [6.07, 6.45) is -4.51. The molecule has 0 bridgehead atoms. The van der Waals surface area contributed by atoms with Crippen molar-refractivity contribution in [2.45, 2.75) is 32.0 Å². The summed E-state index contributed by atoms with van der Waals surface area (Å²) in [6, 6.07) is 2.32. The van der Waals surface area contributed by atoms with Gasteiger partial charge in [-0.1, -0.05) is 22.9 Å². The van der Waals surface area contributed by atoms with E-state index in [9.17, 15) is 18.0 Å². The number of fused-ring (bicyclic) bond motifs is 1. The monoisotopic (exact) mass is 365 g/mol. The quantitative estimate of drug-likeness (QED) is 0.757. The zero-order valence-corrected chi connectivity index (χ0v) is 12.9. The molecule has 21 heavy (non-hydrogen) atoms. The van der Waals surface area contributed by atoms with Crippen LogP contribution in [0.2, 0.25) is 0 Å². The summed E-state index contributed by atoms with van der Waals surface area (Å²) in [5, 5.41) is 2.90. The molecule has 0 aliphatic heterocycles. The second kappa shape index (κ2) is 6.23. The maximum atomic E-state index is 12.7. The topological polar surface area (TPSA) is 60.7 Å². The molecular weight excluding hydrogens is 351 g/mol. The third-order valence-corrected chi connectivity index (χ3v) is 3.77. The van der Waals surface area contributed by atoms with Crippen LogP contribution in [0, 0.1) is 0 Å². The van der Waals surface area contributed by atoms with E-state index in [-0.39, 0.29) is 5.69 Å². The lowest BCUT2D eigenvalue weighted by molar-refractivity contribution is -0.140. The van der Waals surface area contributed by atoms with Crippen molar-refractivity contribution in [3.63, 3.8) is 0 Å². The first-order valence-corrected chi connectivity index (χ1v) is 7.31. The minimum absolute atomic E-state index is 0.386. The normalized spacial score (nSPS) is 13.8. The number of aromatic amines is 2. The molecule has 4 nitrogen and oxygen atoms in total. The molecule has 1 aromatic heterocycles. The summed E-state index contributed by atoms with van der Waals surface area (Å²) in [5.41, 5.74) is 1.13. The smallest absolute Gasteiger partial charge is 0.310 e. The number of H-pyrrole nitrogens is 2. The van der Waals surface area contributed by atoms with E-state index in [1.54, 1.807) is 12.1 Å². The van der Waals surface area contributed by atoms with Gasteiger partial charge in [0.15, 0.2) is 0 Å². The van der Waals surface area contributed by atoms with Crippen LogP contribution in [0.25, 0.3) is 11.0 Å². The van der Waals surface area contributed by atoms with Gasteiger partial charge in [0.05, 0.1) is 17.5 Å². The fourth-order valence-corrected chi connectivity index (χ4v) is 2.80. The standard InChI is InChI=1S/C13H15BrF3N3O/c1-2-3-18-11(6-13(15,16)17)7-4-9-10(5-8(7)14)20-12(21)19-9/h4-5,11,18H,2-3,6H2,1H3,(H2,19,20,21). The zero-order valence-electron chi connectivity index (χ0n) is 11.3. The molecule has 1 atom stereocenters. The maximum absolute atomic E-state index is 12.7. The van der Waals surface area contributed by atoms with E-state index in [2.05, 4.69) is 31.2 Å². The predicted octanol–water partition coefficient (Wildman–Crippen LogP) is 3.61.